The van der Waals surface area contributed by atoms with E-state index in [2.05, 4.69) is 10.3 Å². The maximum atomic E-state index is 12.5. The Hall–Kier alpha value is -3.14. The van der Waals surface area contributed by atoms with Gasteiger partial charge in [-0.3, -0.25) is 9.78 Å². The minimum Gasteiger partial charge on any atom is -0.484 e. The summed E-state index contributed by atoms with van der Waals surface area (Å²) in [5.74, 6) is 0.500. The largest absolute Gasteiger partial charge is 0.484 e. The number of nitrogens with zero attached hydrogens (tertiary/aromatic N) is 1. The SMILES string of the molecule is Cc1ccc(OCC(=O)NC(c2ccccc2)c2ccccn2)cc1C. The smallest absolute Gasteiger partial charge is 0.258 e. The van der Waals surface area contributed by atoms with E-state index in [1.54, 1.807) is 6.20 Å². The van der Waals surface area contributed by atoms with Crippen molar-refractivity contribution in [1.29, 1.82) is 0 Å². The van der Waals surface area contributed by atoms with Gasteiger partial charge in [-0.25, -0.2) is 0 Å². The van der Waals surface area contributed by atoms with E-state index in [1.165, 1.54) is 5.56 Å². The van der Waals surface area contributed by atoms with Crippen LogP contribution in [-0.2, 0) is 4.79 Å². The first-order valence-electron chi connectivity index (χ1n) is 8.59. The van der Waals surface area contributed by atoms with Gasteiger partial charge in [0.15, 0.2) is 6.61 Å². The molecule has 1 heterocycles. The Morgan fingerprint density at radius 3 is 2.46 bits per heavy atom. The second kappa shape index (κ2) is 8.30. The predicted molar refractivity (Wildman–Crippen MR) is 102 cm³/mol. The van der Waals surface area contributed by atoms with Crippen molar-refractivity contribution < 1.29 is 9.53 Å². The lowest BCUT2D eigenvalue weighted by atomic mass is 10.0. The zero-order valence-corrected chi connectivity index (χ0v) is 15.0. The van der Waals surface area contributed by atoms with Gasteiger partial charge in [0.25, 0.3) is 5.91 Å². The molecule has 1 unspecified atom stereocenters. The van der Waals surface area contributed by atoms with Crippen LogP contribution in [0.15, 0.2) is 72.9 Å². The van der Waals surface area contributed by atoms with E-state index in [9.17, 15) is 4.79 Å². The Balaban J connectivity index is 1.70. The van der Waals surface area contributed by atoms with Crippen LogP contribution < -0.4 is 10.1 Å². The van der Waals surface area contributed by atoms with Gasteiger partial charge in [-0.1, -0.05) is 42.5 Å². The molecule has 0 aliphatic heterocycles. The molecule has 26 heavy (non-hydrogen) atoms. The molecular weight excluding hydrogens is 324 g/mol. The molecule has 0 spiro atoms. The van der Waals surface area contributed by atoms with Crippen molar-refractivity contribution in [3.8, 4) is 5.75 Å². The number of pyridine rings is 1. The van der Waals surface area contributed by atoms with Crippen molar-refractivity contribution >= 4 is 5.91 Å². The third-order valence-corrected chi connectivity index (χ3v) is 4.27. The summed E-state index contributed by atoms with van der Waals surface area (Å²) in [4.78, 5) is 16.9. The summed E-state index contributed by atoms with van der Waals surface area (Å²) in [5.41, 5.74) is 4.10. The van der Waals surface area contributed by atoms with Crippen LogP contribution in [0.3, 0.4) is 0 Å². The molecule has 0 saturated heterocycles. The van der Waals surface area contributed by atoms with Gasteiger partial charge < -0.3 is 10.1 Å². The van der Waals surface area contributed by atoms with Gasteiger partial charge in [0.2, 0.25) is 0 Å². The molecule has 1 aromatic heterocycles. The maximum Gasteiger partial charge on any atom is 0.258 e. The maximum absolute atomic E-state index is 12.5. The molecule has 0 saturated carbocycles. The van der Waals surface area contributed by atoms with Crippen LogP contribution in [0.25, 0.3) is 0 Å². The fourth-order valence-electron chi connectivity index (χ4n) is 2.68. The lowest BCUT2D eigenvalue weighted by Gasteiger charge is -2.19. The summed E-state index contributed by atoms with van der Waals surface area (Å²) in [6.07, 6.45) is 1.73. The Morgan fingerprint density at radius 1 is 1.00 bits per heavy atom. The minimum atomic E-state index is -0.312. The van der Waals surface area contributed by atoms with Crippen molar-refractivity contribution in [2.75, 3.05) is 6.61 Å². The molecule has 4 heteroatoms. The quantitative estimate of drug-likeness (QED) is 0.734. The normalized spacial score (nSPS) is 11.6. The highest BCUT2D eigenvalue weighted by Crippen LogP contribution is 2.20. The molecule has 4 nitrogen and oxygen atoms in total. The summed E-state index contributed by atoms with van der Waals surface area (Å²) >= 11 is 0. The number of aryl methyl sites for hydroxylation is 2. The number of carbonyl (C=O) groups is 1. The Morgan fingerprint density at radius 2 is 1.77 bits per heavy atom. The molecule has 0 radical (unpaired) electrons. The highest BCUT2D eigenvalue weighted by Gasteiger charge is 2.18. The molecule has 3 aromatic rings. The topological polar surface area (TPSA) is 51.2 Å². The van der Waals surface area contributed by atoms with Crippen LogP contribution in [0, 0.1) is 13.8 Å². The second-order valence-electron chi connectivity index (χ2n) is 6.20. The zero-order valence-electron chi connectivity index (χ0n) is 15.0. The van der Waals surface area contributed by atoms with E-state index in [4.69, 9.17) is 4.74 Å². The number of carbonyl (C=O) groups excluding carboxylic acids is 1. The highest BCUT2D eigenvalue weighted by atomic mass is 16.5. The number of benzene rings is 2. The van der Waals surface area contributed by atoms with Crippen LogP contribution in [0.2, 0.25) is 0 Å². The molecular formula is C22H22N2O2. The first kappa shape index (κ1) is 17.7. The molecule has 2 aromatic carbocycles. The van der Waals surface area contributed by atoms with Crippen LogP contribution in [0.5, 0.6) is 5.75 Å². The average molecular weight is 346 g/mol. The Labute approximate surface area is 153 Å². The number of aromatic nitrogens is 1. The van der Waals surface area contributed by atoms with E-state index in [0.29, 0.717) is 5.75 Å². The molecule has 1 amide bonds. The van der Waals surface area contributed by atoms with Gasteiger partial charge in [-0.05, 0) is 54.8 Å². The molecule has 132 valence electrons. The van der Waals surface area contributed by atoms with Crippen molar-refractivity contribution in [3.05, 3.63) is 95.3 Å². The minimum absolute atomic E-state index is 0.0430. The molecule has 0 fully saturated rings. The molecule has 0 aliphatic carbocycles. The van der Waals surface area contributed by atoms with E-state index in [0.717, 1.165) is 16.8 Å². The number of amides is 1. The van der Waals surface area contributed by atoms with Gasteiger partial charge in [-0.2, -0.15) is 0 Å². The van der Waals surface area contributed by atoms with Crippen molar-refractivity contribution in [3.63, 3.8) is 0 Å². The van der Waals surface area contributed by atoms with Crippen molar-refractivity contribution in [2.45, 2.75) is 19.9 Å². The van der Waals surface area contributed by atoms with Gasteiger partial charge in [0.05, 0.1) is 11.7 Å². The van der Waals surface area contributed by atoms with E-state index in [1.807, 2.05) is 80.6 Å². The Kier molecular flexibility index (Phi) is 5.64. The summed E-state index contributed by atoms with van der Waals surface area (Å²) in [6.45, 7) is 4.02. The third-order valence-electron chi connectivity index (χ3n) is 4.27. The van der Waals surface area contributed by atoms with Gasteiger partial charge in [-0.15, -0.1) is 0 Å². The van der Waals surface area contributed by atoms with Crippen molar-refractivity contribution in [2.24, 2.45) is 0 Å². The molecule has 1 N–H and O–H groups in total. The van der Waals surface area contributed by atoms with E-state index >= 15 is 0 Å². The third kappa shape index (κ3) is 4.48. The first-order chi connectivity index (χ1) is 12.6. The standard InChI is InChI=1S/C22H22N2O2/c1-16-11-12-19(14-17(16)2)26-15-21(25)24-22(18-8-4-3-5-9-18)20-10-6-7-13-23-20/h3-14,22H,15H2,1-2H3,(H,24,25). The first-order valence-corrected chi connectivity index (χ1v) is 8.59. The highest BCUT2D eigenvalue weighted by molar-refractivity contribution is 5.78. The van der Waals surface area contributed by atoms with Crippen LogP contribution in [-0.4, -0.2) is 17.5 Å². The lowest BCUT2D eigenvalue weighted by molar-refractivity contribution is -0.123. The molecule has 0 bridgehead atoms. The number of nitrogens with one attached hydrogen (secondary N) is 1. The molecule has 1 atom stereocenters. The van der Waals surface area contributed by atoms with Crippen LogP contribution >= 0.6 is 0 Å². The van der Waals surface area contributed by atoms with E-state index in [-0.39, 0.29) is 18.6 Å². The number of rotatable bonds is 6. The van der Waals surface area contributed by atoms with Gasteiger partial charge in [0.1, 0.15) is 5.75 Å². The fraction of sp³-hybridized carbons (Fsp3) is 0.182. The second-order valence-corrected chi connectivity index (χ2v) is 6.20. The molecule has 0 aliphatic rings. The summed E-state index contributed by atoms with van der Waals surface area (Å²) in [5, 5.41) is 3.02. The summed E-state index contributed by atoms with van der Waals surface area (Å²) < 4.78 is 5.64. The lowest BCUT2D eigenvalue weighted by Crippen LogP contribution is -2.33. The average Bonchev–Trinajstić information content (AvgIpc) is 2.68. The zero-order chi connectivity index (χ0) is 18.4. The number of hydrogen-bond acceptors (Lipinski definition) is 3. The number of hydrogen-bond donors (Lipinski definition) is 1. The summed E-state index contributed by atoms with van der Waals surface area (Å²) in [6, 6.07) is 21.0. The fourth-order valence-corrected chi connectivity index (χ4v) is 2.68. The van der Waals surface area contributed by atoms with Gasteiger partial charge >= 0.3 is 0 Å². The monoisotopic (exact) mass is 346 g/mol. The number of ether oxygens (including phenoxy) is 1. The van der Waals surface area contributed by atoms with Crippen LogP contribution in [0.1, 0.15) is 28.4 Å². The van der Waals surface area contributed by atoms with Crippen LogP contribution in [0.4, 0.5) is 0 Å². The van der Waals surface area contributed by atoms with Gasteiger partial charge in [0, 0.05) is 6.20 Å². The molecule has 3 rings (SSSR count). The van der Waals surface area contributed by atoms with E-state index < -0.39 is 0 Å². The predicted octanol–water partition coefficient (Wildman–Crippen LogP) is 3.98. The Bertz CT molecular complexity index is 824. The summed E-state index contributed by atoms with van der Waals surface area (Å²) in [7, 11) is 0. The van der Waals surface area contributed by atoms with Crippen molar-refractivity contribution in [1.82, 2.24) is 10.3 Å².